The van der Waals surface area contributed by atoms with E-state index in [4.69, 9.17) is 6.42 Å². The molecule has 0 aromatic heterocycles. The Morgan fingerprint density at radius 2 is 2.10 bits per heavy atom. The summed E-state index contributed by atoms with van der Waals surface area (Å²) in [5, 5.41) is 0. The molecule has 0 heterocycles. The molecule has 1 unspecified atom stereocenters. The summed E-state index contributed by atoms with van der Waals surface area (Å²) < 4.78 is 0. The minimum Gasteiger partial charge on any atom is -0.120 e. The highest BCUT2D eigenvalue weighted by molar-refractivity contribution is 6.08. The fraction of sp³-hybridized carbons (Fsp3) is 0.778. The van der Waals surface area contributed by atoms with Crippen molar-refractivity contribution in [2.75, 3.05) is 0 Å². The van der Waals surface area contributed by atoms with Crippen molar-refractivity contribution in [3.8, 4) is 12.3 Å². The van der Waals surface area contributed by atoms with Gasteiger partial charge in [0, 0.05) is 15.7 Å². The summed E-state index contributed by atoms with van der Waals surface area (Å²) in [6.07, 6.45) is 6.69. The first kappa shape index (κ1) is 9.78. The second-order valence-corrected chi connectivity index (χ2v) is 4.56. The summed E-state index contributed by atoms with van der Waals surface area (Å²) in [5.41, 5.74) is 0.102. The van der Waals surface area contributed by atoms with Crippen LogP contribution < -0.4 is 0 Å². The Kier molecular flexibility index (Phi) is 3.74. The molecule has 0 radical (unpaired) electrons. The Morgan fingerprint density at radius 3 is 2.40 bits per heavy atom. The van der Waals surface area contributed by atoms with Crippen LogP contribution in [0, 0.1) is 23.7 Å². The zero-order chi connectivity index (χ0) is 8.20. The molecular formula is C9H18Si. The molecule has 0 aromatic carbocycles. The Morgan fingerprint density at radius 1 is 1.60 bits per heavy atom. The fourth-order valence-corrected chi connectivity index (χ4v) is 1.80. The summed E-state index contributed by atoms with van der Waals surface area (Å²) in [5.74, 6) is 3.52. The number of hydrogen-bond donors (Lipinski definition) is 0. The second kappa shape index (κ2) is 3.83. The molecule has 0 rings (SSSR count). The molecule has 0 bridgehead atoms. The molecular weight excluding hydrogens is 136 g/mol. The Hall–Kier alpha value is -0.223. The van der Waals surface area contributed by atoms with E-state index in [-0.39, 0.29) is 5.41 Å². The van der Waals surface area contributed by atoms with Crippen LogP contribution in [0.15, 0.2) is 0 Å². The van der Waals surface area contributed by atoms with Crippen LogP contribution in [0.2, 0.25) is 6.04 Å². The van der Waals surface area contributed by atoms with Crippen molar-refractivity contribution in [3.63, 3.8) is 0 Å². The predicted molar refractivity (Wildman–Crippen MR) is 51.1 cm³/mol. The Bertz CT molecular complexity index is 130. The van der Waals surface area contributed by atoms with Gasteiger partial charge in [0.2, 0.25) is 0 Å². The minimum atomic E-state index is 0.102. The van der Waals surface area contributed by atoms with Crippen molar-refractivity contribution in [2.24, 2.45) is 11.3 Å². The third kappa shape index (κ3) is 2.58. The van der Waals surface area contributed by atoms with Crippen LogP contribution in [0.3, 0.4) is 0 Å². The van der Waals surface area contributed by atoms with E-state index in [0.29, 0.717) is 5.92 Å². The summed E-state index contributed by atoms with van der Waals surface area (Å²) in [6.45, 7) is 6.54. The molecule has 1 heteroatoms. The predicted octanol–water partition coefficient (Wildman–Crippen LogP) is 1.46. The number of rotatable bonds is 3. The normalized spacial score (nSPS) is 14.6. The van der Waals surface area contributed by atoms with Gasteiger partial charge in [-0.05, 0) is 19.8 Å². The molecule has 0 spiro atoms. The highest BCUT2D eigenvalue weighted by atomic mass is 28.1. The molecule has 10 heavy (non-hydrogen) atoms. The van der Waals surface area contributed by atoms with Gasteiger partial charge in [-0.3, -0.25) is 0 Å². The third-order valence-corrected chi connectivity index (χ3v) is 2.90. The van der Waals surface area contributed by atoms with Gasteiger partial charge in [0.25, 0.3) is 0 Å². The van der Waals surface area contributed by atoms with Gasteiger partial charge in [0.15, 0.2) is 0 Å². The maximum atomic E-state index is 5.40. The molecule has 0 fully saturated rings. The summed E-state index contributed by atoms with van der Waals surface area (Å²) >= 11 is 0. The first-order valence-electron chi connectivity index (χ1n) is 4.02. The molecule has 0 saturated carbocycles. The molecule has 0 aliphatic heterocycles. The van der Waals surface area contributed by atoms with Crippen LogP contribution in [0.25, 0.3) is 0 Å². The van der Waals surface area contributed by atoms with E-state index >= 15 is 0 Å². The molecule has 0 aliphatic rings. The van der Waals surface area contributed by atoms with Crippen molar-refractivity contribution >= 4 is 10.2 Å². The van der Waals surface area contributed by atoms with Crippen molar-refractivity contribution in [3.05, 3.63) is 0 Å². The average Bonchev–Trinajstić information content (AvgIpc) is 1.89. The molecule has 0 saturated heterocycles. The van der Waals surface area contributed by atoms with Crippen molar-refractivity contribution in [2.45, 2.75) is 33.2 Å². The standard InChI is InChI=1S/C9H18Si/c1-5-9(3,4)8(2)6-7-10/h1,8H,6-7H2,2-4,10H3. The molecule has 0 N–H and O–H groups in total. The monoisotopic (exact) mass is 154 g/mol. The Balaban J connectivity index is 3.94. The van der Waals surface area contributed by atoms with Gasteiger partial charge in [-0.25, -0.2) is 0 Å². The molecule has 0 nitrogen and oxygen atoms in total. The molecule has 0 aromatic rings. The van der Waals surface area contributed by atoms with E-state index in [1.54, 1.807) is 0 Å². The van der Waals surface area contributed by atoms with Gasteiger partial charge in [0.05, 0.1) is 0 Å². The van der Waals surface area contributed by atoms with E-state index in [0.717, 1.165) is 0 Å². The lowest BCUT2D eigenvalue weighted by atomic mass is 9.79. The van der Waals surface area contributed by atoms with Crippen molar-refractivity contribution < 1.29 is 0 Å². The van der Waals surface area contributed by atoms with E-state index in [1.807, 2.05) is 0 Å². The van der Waals surface area contributed by atoms with Crippen LogP contribution in [-0.2, 0) is 0 Å². The maximum Gasteiger partial charge on any atom is 0.0281 e. The van der Waals surface area contributed by atoms with Crippen LogP contribution in [0.5, 0.6) is 0 Å². The van der Waals surface area contributed by atoms with Crippen molar-refractivity contribution in [1.29, 1.82) is 0 Å². The van der Waals surface area contributed by atoms with Crippen LogP contribution in [0.1, 0.15) is 27.2 Å². The van der Waals surface area contributed by atoms with Crippen LogP contribution >= 0.6 is 0 Å². The zero-order valence-corrected chi connectivity index (χ0v) is 9.57. The van der Waals surface area contributed by atoms with Crippen molar-refractivity contribution in [1.82, 2.24) is 0 Å². The first-order valence-corrected chi connectivity index (χ1v) is 5.43. The highest BCUT2D eigenvalue weighted by Gasteiger charge is 2.21. The van der Waals surface area contributed by atoms with Gasteiger partial charge in [0.1, 0.15) is 0 Å². The molecule has 0 aliphatic carbocycles. The molecule has 1 atom stereocenters. The average molecular weight is 154 g/mol. The lowest BCUT2D eigenvalue weighted by Gasteiger charge is -2.25. The van der Waals surface area contributed by atoms with Gasteiger partial charge in [-0.15, -0.1) is 12.3 Å². The third-order valence-electron chi connectivity index (χ3n) is 2.33. The van der Waals surface area contributed by atoms with Crippen LogP contribution in [-0.4, -0.2) is 10.2 Å². The van der Waals surface area contributed by atoms with Gasteiger partial charge < -0.3 is 0 Å². The van der Waals surface area contributed by atoms with E-state index in [2.05, 4.69) is 26.7 Å². The quantitative estimate of drug-likeness (QED) is 0.426. The topological polar surface area (TPSA) is 0 Å². The maximum absolute atomic E-state index is 5.40. The Labute approximate surface area is 67.8 Å². The summed E-state index contributed by atoms with van der Waals surface area (Å²) in [4.78, 5) is 0. The summed E-state index contributed by atoms with van der Waals surface area (Å²) in [7, 11) is 1.30. The largest absolute Gasteiger partial charge is 0.120 e. The smallest absolute Gasteiger partial charge is 0.0281 e. The second-order valence-electron chi connectivity index (χ2n) is 3.56. The van der Waals surface area contributed by atoms with E-state index in [9.17, 15) is 0 Å². The van der Waals surface area contributed by atoms with Gasteiger partial charge >= 0.3 is 0 Å². The highest BCUT2D eigenvalue weighted by Crippen LogP contribution is 2.28. The van der Waals surface area contributed by atoms with E-state index < -0.39 is 0 Å². The lowest BCUT2D eigenvalue weighted by Crippen LogP contribution is -2.18. The SMILES string of the molecule is C#CC(C)(C)C(C)CC[SiH3]. The first-order chi connectivity index (χ1) is 4.54. The number of hydrogen-bond acceptors (Lipinski definition) is 0. The zero-order valence-electron chi connectivity index (χ0n) is 7.57. The van der Waals surface area contributed by atoms with Crippen LogP contribution in [0.4, 0.5) is 0 Å². The van der Waals surface area contributed by atoms with Gasteiger partial charge in [-0.1, -0.05) is 19.4 Å². The lowest BCUT2D eigenvalue weighted by molar-refractivity contribution is 0.314. The summed E-state index contributed by atoms with van der Waals surface area (Å²) in [6, 6.07) is 1.37. The number of terminal acetylenes is 1. The minimum absolute atomic E-state index is 0.102. The molecule has 58 valence electrons. The van der Waals surface area contributed by atoms with E-state index in [1.165, 1.54) is 22.7 Å². The molecule has 0 amide bonds. The fourth-order valence-electron chi connectivity index (χ4n) is 0.936. The van der Waals surface area contributed by atoms with Gasteiger partial charge in [-0.2, -0.15) is 0 Å².